The Morgan fingerprint density at radius 1 is 1.28 bits per heavy atom. The lowest BCUT2D eigenvalue weighted by Gasteiger charge is -2.10. The first-order valence-electron chi connectivity index (χ1n) is 5.23. The number of carboxylic acids is 1. The second-order valence-electron chi connectivity index (χ2n) is 3.64. The van der Waals surface area contributed by atoms with E-state index in [1.165, 1.54) is 26.4 Å². The number of rotatable bonds is 6. The van der Waals surface area contributed by atoms with Crippen molar-refractivity contribution in [1.29, 1.82) is 0 Å². The Kier molecular flexibility index (Phi) is 4.67. The number of carbonyl (C=O) groups excluding carboxylic acids is 1. The first-order chi connectivity index (χ1) is 8.49. The highest BCUT2D eigenvalue weighted by Crippen LogP contribution is 2.28. The van der Waals surface area contributed by atoms with E-state index in [2.05, 4.69) is 0 Å². The lowest BCUT2D eigenvalue weighted by atomic mass is 10.0. The molecule has 1 atom stereocenters. The van der Waals surface area contributed by atoms with E-state index in [-0.39, 0.29) is 12.2 Å². The van der Waals surface area contributed by atoms with E-state index in [0.717, 1.165) is 0 Å². The third-order valence-electron chi connectivity index (χ3n) is 2.43. The van der Waals surface area contributed by atoms with Crippen molar-refractivity contribution in [2.24, 2.45) is 5.73 Å². The van der Waals surface area contributed by atoms with Gasteiger partial charge in [-0.1, -0.05) is 0 Å². The highest BCUT2D eigenvalue weighted by molar-refractivity contribution is 5.99. The molecule has 0 aliphatic rings. The zero-order chi connectivity index (χ0) is 13.7. The van der Waals surface area contributed by atoms with Crippen LogP contribution in [0.3, 0.4) is 0 Å². The molecule has 0 radical (unpaired) electrons. The summed E-state index contributed by atoms with van der Waals surface area (Å²) in [5.41, 5.74) is 5.64. The van der Waals surface area contributed by atoms with Crippen molar-refractivity contribution in [3.63, 3.8) is 0 Å². The van der Waals surface area contributed by atoms with Gasteiger partial charge in [0.05, 0.1) is 14.2 Å². The molecule has 0 saturated carbocycles. The van der Waals surface area contributed by atoms with E-state index >= 15 is 0 Å². The highest BCUT2D eigenvalue weighted by Gasteiger charge is 2.18. The SMILES string of the molecule is COc1ccc(C(=O)CC(N)C(=O)O)cc1OC. The van der Waals surface area contributed by atoms with Gasteiger partial charge in [0.2, 0.25) is 0 Å². The summed E-state index contributed by atoms with van der Waals surface area (Å²) in [4.78, 5) is 22.4. The maximum absolute atomic E-state index is 11.8. The highest BCUT2D eigenvalue weighted by atomic mass is 16.5. The van der Waals surface area contributed by atoms with E-state index in [0.29, 0.717) is 17.1 Å². The number of Topliss-reactive ketones (excluding diaryl/α,β-unsaturated/α-hetero) is 1. The fourth-order valence-electron chi connectivity index (χ4n) is 1.41. The normalized spacial score (nSPS) is 11.7. The topological polar surface area (TPSA) is 98.9 Å². The van der Waals surface area contributed by atoms with Crippen molar-refractivity contribution in [1.82, 2.24) is 0 Å². The van der Waals surface area contributed by atoms with Crippen LogP contribution in [0.15, 0.2) is 18.2 Å². The van der Waals surface area contributed by atoms with Gasteiger partial charge in [-0.15, -0.1) is 0 Å². The molecule has 98 valence electrons. The number of benzene rings is 1. The number of aliphatic carboxylic acids is 1. The Hall–Kier alpha value is -2.08. The van der Waals surface area contributed by atoms with Crippen LogP contribution < -0.4 is 15.2 Å². The Morgan fingerprint density at radius 3 is 2.39 bits per heavy atom. The summed E-state index contributed by atoms with van der Waals surface area (Å²) >= 11 is 0. The largest absolute Gasteiger partial charge is 0.493 e. The average molecular weight is 253 g/mol. The molecule has 6 nitrogen and oxygen atoms in total. The van der Waals surface area contributed by atoms with E-state index in [4.69, 9.17) is 20.3 Å². The van der Waals surface area contributed by atoms with Crippen LogP contribution in [0, 0.1) is 0 Å². The molecule has 0 aromatic heterocycles. The summed E-state index contributed by atoms with van der Waals surface area (Å²) in [5.74, 6) is -0.654. The quantitative estimate of drug-likeness (QED) is 0.723. The number of carbonyl (C=O) groups is 2. The molecule has 0 fully saturated rings. The van der Waals surface area contributed by atoms with Gasteiger partial charge in [-0.05, 0) is 18.2 Å². The minimum absolute atomic E-state index is 0.259. The maximum Gasteiger partial charge on any atom is 0.320 e. The van der Waals surface area contributed by atoms with Crippen molar-refractivity contribution in [2.75, 3.05) is 14.2 Å². The van der Waals surface area contributed by atoms with Gasteiger partial charge in [0.1, 0.15) is 6.04 Å². The lowest BCUT2D eigenvalue weighted by Crippen LogP contribution is -2.32. The Morgan fingerprint density at radius 2 is 1.89 bits per heavy atom. The molecular formula is C12H15NO5. The molecule has 0 aliphatic carbocycles. The molecule has 0 heterocycles. The maximum atomic E-state index is 11.8. The van der Waals surface area contributed by atoms with Crippen molar-refractivity contribution >= 4 is 11.8 Å². The van der Waals surface area contributed by atoms with Crippen LogP contribution >= 0.6 is 0 Å². The summed E-state index contributed by atoms with van der Waals surface area (Å²) in [5, 5.41) is 8.64. The summed E-state index contributed by atoms with van der Waals surface area (Å²) < 4.78 is 10.1. The molecule has 1 aromatic carbocycles. The van der Waals surface area contributed by atoms with Crippen molar-refractivity contribution < 1.29 is 24.2 Å². The van der Waals surface area contributed by atoms with Gasteiger partial charge in [-0.2, -0.15) is 0 Å². The number of hydrogen-bond acceptors (Lipinski definition) is 5. The molecule has 3 N–H and O–H groups in total. The van der Waals surface area contributed by atoms with Crippen LogP contribution in [0.5, 0.6) is 11.5 Å². The number of methoxy groups -OCH3 is 2. The van der Waals surface area contributed by atoms with E-state index in [1.807, 2.05) is 0 Å². The molecule has 1 unspecified atom stereocenters. The third-order valence-corrected chi connectivity index (χ3v) is 2.43. The summed E-state index contributed by atoms with van der Waals surface area (Å²) in [6.45, 7) is 0. The summed E-state index contributed by atoms with van der Waals surface area (Å²) in [6, 6.07) is 3.41. The van der Waals surface area contributed by atoms with Gasteiger partial charge >= 0.3 is 5.97 Å². The average Bonchev–Trinajstić information content (AvgIpc) is 2.37. The fourth-order valence-corrected chi connectivity index (χ4v) is 1.41. The number of ether oxygens (including phenoxy) is 2. The molecule has 18 heavy (non-hydrogen) atoms. The number of hydrogen-bond donors (Lipinski definition) is 2. The molecular weight excluding hydrogens is 238 g/mol. The Bertz CT molecular complexity index is 458. The number of nitrogens with two attached hydrogens (primary N) is 1. The van der Waals surface area contributed by atoms with Crippen molar-refractivity contribution in [3.05, 3.63) is 23.8 Å². The third kappa shape index (κ3) is 3.21. The monoisotopic (exact) mass is 253 g/mol. The predicted molar refractivity (Wildman–Crippen MR) is 64.1 cm³/mol. The van der Waals surface area contributed by atoms with Gasteiger partial charge in [0.15, 0.2) is 17.3 Å². The minimum atomic E-state index is -1.20. The van der Waals surface area contributed by atoms with E-state index in [9.17, 15) is 9.59 Å². The molecule has 0 aliphatic heterocycles. The van der Waals surface area contributed by atoms with Crippen LogP contribution in [0.2, 0.25) is 0 Å². The number of ketones is 1. The van der Waals surface area contributed by atoms with Crippen LogP contribution in [-0.2, 0) is 4.79 Å². The van der Waals surface area contributed by atoms with Gasteiger partial charge in [0.25, 0.3) is 0 Å². The zero-order valence-corrected chi connectivity index (χ0v) is 10.2. The Labute approximate surface area is 104 Å². The molecule has 6 heteroatoms. The van der Waals surface area contributed by atoms with Gasteiger partial charge < -0.3 is 20.3 Å². The molecule has 0 bridgehead atoms. The first kappa shape index (κ1) is 14.0. The lowest BCUT2D eigenvalue weighted by molar-refractivity contribution is -0.138. The predicted octanol–water partition coefficient (Wildman–Crippen LogP) is 0.688. The van der Waals surface area contributed by atoms with E-state index < -0.39 is 12.0 Å². The number of carboxylic acid groups (broad SMARTS) is 1. The van der Waals surface area contributed by atoms with Crippen LogP contribution in [-0.4, -0.2) is 37.1 Å². The Balaban J connectivity index is 2.90. The van der Waals surface area contributed by atoms with Crippen LogP contribution in [0.4, 0.5) is 0 Å². The van der Waals surface area contributed by atoms with E-state index in [1.54, 1.807) is 6.07 Å². The zero-order valence-electron chi connectivity index (χ0n) is 10.2. The van der Waals surface area contributed by atoms with Gasteiger partial charge in [-0.25, -0.2) is 0 Å². The van der Waals surface area contributed by atoms with Crippen molar-refractivity contribution in [2.45, 2.75) is 12.5 Å². The van der Waals surface area contributed by atoms with Gasteiger partial charge in [0, 0.05) is 12.0 Å². The molecule has 0 spiro atoms. The fraction of sp³-hybridized carbons (Fsp3) is 0.333. The molecule has 1 aromatic rings. The first-order valence-corrected chi connectivity index (χ1v) is 5.23. The second kappa shape index (κ2) is 6.02. The molecule has 0 amide bonds. The van der Waals surface area contributed by atoms with Gasteiger partial charge in [-0.3, -0.25) is 9.59 Å². The molecule has 1 rings (SSSR count). The van der Waals surface area contributed by atoms with Crippen molar-refractivity contribution in [3.8, 4) is 11.5 Å². The molecule has 0 saturated heterocycles. The smallest absolute Gasteiger partial charge is 0.320 e. The van der Waals surface area contributed by atoms with Crippen LogP contribution in [0.25, 0.3) is 0 Å². The second-order valence-corrected chi connectivity index (χ2v) is 3.64. The standard InChI is InChI=1S/C12H15NO5/c1-17-10-4-3-7(5-11(10)18-2)9(14)6-8(13)12(15)16/h3-5,8H,6,13H2,1-2H3,(H,15,16). The summed E-state index contributed by atoms with van der Waals surface area (Å²) in [7, 11) is 2.94. The summed E-state index contributed by atoms with van der Waals surface area (Å²) in [6.07, 6.45) is -0.259. The minimum Gasteiger partial charge on any atom is -0.493 e. The van der Waals surface area contributed by atoms with Crippen LogP contribution in [0.1, 0.15) is 16.8 Å².